The maximum Gasteiger partial charge on any atom is 0.261 e. The average Bonchev–Trinajstić information content (AvgIpc) is 3.30. The lowest BCUT2D eigenvalue weighted by Gasteiger charge is -2.37. The first kappa shape index (κ1) is 23.8. The normalized spacial score (nSPS) is 21.6. The number of nitrogens with one attached hydrogen (secondary N) is 3. The summed E-state index contributed by atoms with van der Waals surface area (Å²) in [5, 5.41) is 7.12. The highest BCUT2D eigenvalue weighted by Crippen LogP contribution is 2.47. The topological polar surface area (TPSA) is 104 Å². The van der Waals surface area contributed by atoms with Gasteiger partial charge in [0.15, 0.2) is 9.84 Å². The second-order valence-electron chi connectivity index (χ2n) is 9.50. The Bertz CT molecular complexity index is 1500. The second-order valence-corrected chi connectivity index (χ2v) is 13.2. The molecule has 0 amide bonds. The highest BCUT2D eigenvalue weighted by atomic mass is 32.2. The third kappa shape index (κ3) is 4.55. The zero-order valence-corrected chi connectivity index (χ0v) is 21.5. The predicted octanol–water partition coefficient (Wildman–Crippen LogP) is 4.33. The molecule has 1 fully saturated rings. The minimum absolute atomic E-state index is 0.00241. The van der Waals surface area contributed by atoms with Crippen LogP contribution in [0.1, 0.15) is 40.8 Å². The predicted molar refractivity (Wildman–Crippen MR) is 138 cm³/mol. The number of rotatable bonds is 5. The molecule has 2 aliphatic heterocycles. The third-order valence-corrected chi connectivity index (χ3v) is 9.61. The lowest BCUT2D eigenvalue weighted by atomic mass is 9.80. The van der Waals surface area contributed by atoms with Crippen LogP contribution in [0.4, 0.5) is 11.4 Å². The molecule has 3 aromatic rings. The molecule has 0 aliphatic carbocycles. The van der Waals surface area contributed by atoms with Gasteiger partial charge >= 0.3 is 0 Å². The molecule has 3 aromatic carbocycles. The first-order valence-electron chi connectivity index (χ1n) is 11.6. The molecular weight excluding hydrogens is 482 g/mol. The molecule has 2 heterocycles. The van der Waals surface area contributed by atoms with Gasteiger partial charge in [-0.05, 0) is 91.5 Å². The summed E-state index contributed by atoms with van der Waals surface area (Å²) in [5.41, 5.74) is 5.48. The van der Waals surface area contributed by atoms with Crippen LogP contribution in [0, 0.1) is 19.8 Å². The molecule has 1 saturated heterocycles. The summed E-state index contributed by atoms with van der Waals surface area (Å²) < 4.78 is 52.7. The van der Waals surface area contributed by atoms with Gasteiger partial charge in [0, 0.05) is 29.6 Å². The van der Waals surface area contributed by atoms with Crippen LogP contribution in [-0.4, -0.2) is 29.6 Å². The smallest absolute Gasteiger partial charge is 0.261 e. The minimum atomic E-state index is -3.75. The largest absolute Gasteiger partial charge is 0.378 e. The van der Waals surface area contributed by atoms with Crippen molar-refractivity contribution >= 4 is 31.2 Å². The van der Waals surface area contributed by atoms with E-state index < -0.39 is 19.9 Å². The Labute approximate surface area is 206 Å². The van der Waals surface area contributed by atoms with Gasteiger partial charge in [0.1, 0.15) is 0 Å². The Morgan fingerprint density at radius 3 is 2.23 bits per heavy atom. The van der Waals surface area contributed by atoms with Gasteiger partial charge in [-0.3, -0.25) is 4.72 Å². The van der Waals surface area contributed by atoms with E-state index in [0.717, 1.165) is 40.9 Å². The second kappa shape index (κ2) is 8.65. The van der Waals surface area contributed by atoms with Crippen molar-refractivity contribution in [2.45, 2.75) is 42.1 Å². The van der Waals surface area contributed by atoms with Crippen LogP contribution < -0.4 is 15.4 Å². The maximum absolute atomic E-state index is 13.2. The van der Waals surface area contributed by atoms with Crippen LogP contribution in [-0.2, 0) is 19.9 Å². The number of hydrogen-bond donors (Lipinski definition) is 3. The van der Waals surface area contributed by atoms with E-state index in [1.807, 2.05) is 44.2 Å². The molecule has 0 saturated carbocycles. The Hall–Kier alpha value is -2.88. The van der Waals surface area contributed by atoms with Gasteiger partial charge in [-0.1, -0.05) is 18.2 Å². The quantitative estimate of drug-likeness (QED) is 0.471. The number of anilines is 2. The number of aryl methyl sites for hydroxylation is 2. The van der Waals surface area contributed by atoms with Gasteiger partial charge in [-0.15, -0.1) is 0 Å². The van der Waals surface area contributed by atoms with E-state index in [4.69, 9.17) is 0 Å². The van der Waals surface area contributed by atoms with Crippen molar-refractivity contribution in [1.82, 2.24) is 5.32 Å². The van der Waals surface area contributed by atoms with E-state index in [1.54, 1.807) is 30.3 Å². The number of benzene rings is 3. The van der Waals surface area contributed by atoms with Gasteiger partial charge in [0.05, 0.1) is 15.8 Å². The Balaban J connectivity index is 1.45. The summed E-state index contributed by atoms with van der Waals surface area (Å²) >= 11 is 0. The first-order valence-corrected chi connectivity index (χ1v) is 14.9. The van der Waals surface area contributed by atoms with E-state index in [1.165, 1.54) is 6.26 Å². The molecule has 2 unspecified atom stereocenters. The molecule has 0 aromatic heterocycles. The van der Waals surface area contributed by atoms with Crippen molar-refractivity contribution in [3.05, 3.63) is 82.9 Å². The van der Waals surface area contributed by atoms with Crippen molar-refractivity contribution in [3.8, 4) is 0 Å². The Morgan fingerprint density at radius 1 is 0.829 bits per heavy atom. The highest BCUT2D eigenvalue weighted by molar-refractivity contribution is 7.92. The number of sulfone groups is 1. The number of fused-ring (bicyclic) bond motifs is 3. The molecule has 5 rings (SSSR count). The summed E-state index contributed by atoms with van der Waals surface area (Å²) in [4.78, 5) is 0.518. The van der Waals surface area contributed by atoms with Gasteiger partial charge in [-0.2, -0.15) is 0 Å². The molecule has 184 valence electrons. The molecule has 7 nitrogen and oxygen atoms in total. The minimum Gasteiger partial charge on any atom is -0.378 e. The lowest BCUT2D eigenvalue weighted by Crippen LogP contribution is -2.32. The lowest BCUT2D eigenvalue weighted by molar-refractivity contribution is 0.390. The Morgan fingerprint density at radius 2 is 1.54 bits per heavy atom. The average molecular weight is 512 g/mol. The number of hydrogen-bond acceptors (Lipinski definition) is 6. The van der Waals surface area contributed by atoms with Gasteiger partial charge in [0.2, 0.25) is 0 Å². The van der Waals surface area contributed by atoms with Crippen molar-refractivity contribution in [1.29, 1.82) is 0 Å². The summed E-state index contributed by atoms with van der Waals surface area (Å²) in [6, 6.07) is 17.7. The summed E-state index contributed by atoms with van der Waals surface area (Å²) in [6.07, 6.45) is 2.13. The van der Waals surface area contributed by atoms with Crippen LogP contribution in [0.15, 0.2) is 70.5 Å². The molecule has 9 heteroatoms. The van der Waals surface area contributed by atoms with E-state index in [0.29, 0.717) is 10.6 Å². The third-order valence-electron chi connectivity index (χ3n) is 7.10. The van der Waals surface area contributed by atoms with Crippen molar-refractivity contribution in [3.63, 3.8) is 0 Å². The summed E-state index contributed by atoms with van der Waals surface area (Å²) in [5.74, 6) is 0.206. The zero-order chi connectivity index (χ0) is 25.0. The van der Waals surface area contributed by atoms with Crippen LogP contribution in [0.25, 0.3) is 0 Å². The molecule has 3 atom stereocenters. The van der Waals surface area contributed by atoms with Crippen molar-refractivity contribution < 1.29 is 16.8 Å². The van der Waals surface area contributed by atoms with Crippen LogP contribution in [0.5, 0.6) is 0 Å². The van der Waals surface area contributed by atoms with E-state index >= 15 is 0 Å². The molecule has 2 aliphatic rings. The molecule has 0 bridgehead atoms. The fraction of sp³-hybridized carbons (Fsp3) is 0.308. The molecule has 3 N–H and O–H groups in total. The number of sulfonamides is 1. The van der Waals surface area contributed by atoms with Crippen LogP contribution in [0.2, 0.25) is 0 Å². The first-order chi connectivity index (χ1) is 16.5. The van der Waals surface area contributed by atoms with Gasteiger partial charge in [-0.25, -0.2) is 16.8 Å². The Kier molecular flexibility index (Phi) is 5.89. The monoisotopic (exact) mass is 511 g/mol. The fourth-order valence-corrected chi connectivity index (χ4v) is 6.78. The zero-order valence-electron chi connectivity index (χ0n) is 19.9. The fourth-order valence-electron chi connectivity index (χ4n) is 5.07. The van der Waals surface area contributed by atoms with Gasteiger partial charge < -0.3 is 10.6 Å². The van der Waals surface area contributed by atoms with Crippen LogP contribution >= 0.6 is 0 Å². The van der Waals surface area contributed by atoms with Crippen LogP contribution in [0.3, 0.4) is 0 Å². The molecule has 35 heavy (non-hydrogen) atoms. The van der Waals surface area contributed by atoms with Gasteiger partial charge in [0.25, 0.3) is 10.0 Å². The molecule has 0 spiro atoms. The van der Waals surface area contributed by atoms with Crippen molar-refractivity contribution in [2.75, 3.05) is 22.8 Å². The SMILES string of the molecule is Cc1ccc(NS(=O)(=O)c2ccc3c(c2)C2NCCC2[C@H](c2ccc(S(C)(=O)=O)cc2)N3)cc1C. The van der Waals surface area contributed by atoms with Crippen molar-refractivity contribution in [2.24, 2.45) is 5.92 Å². The highest BCUT2D eigenvalue weighted by Gasteiger charge is 2.40. The standard InChI is InChI=1S/C26H29N3O4S2/c1-16-4-7-19(14-17(16)2)29-35(32,33)21-10-11-24-23(15-21)26-22(12-13-27-26)25(28-24)18-5-8-20(9-6-18)34(3,30)31/h4-11,14-15,22,25-29H,12-13H2,1-3H3/t22?,25-,26?/m0/s1. The van der Waals surface area contributed by atoms with E-state index in [2.05, 4.69) is 15.4 Å². The summed E-state index contributed by atoms with van der Waals surface area (Å²) in [6.45, 7) is 4.77. The maximum atomic E-state index is 13.2. The molecular formula is C26H29N3O4S2. The summed E-state index contributed by atoms with van der Waals surface area (Å²) in [7, 11) is -7.01. The van der Waals surface area contributed by atoms with E-state index in [9.17, 15) is 16.8 Å². The van der Waals surface area contributed by atoms with E-state index in [-0.39, 0.29) is 22.9 Å². The molecule has 0 radical (unpaired) electrons.